The van der Waals surface area contributed by atoms with Crippen LogP contribution in [0.2, 0.25) is 0 Å². The highest BCUT2D eigenvalue weighted by molar-refractivity contribution is 7.90. The number of carbonyl (C=O) groups is 1. The number of ether oxygens (including phenoxy) is 1. The fraction of sp³-hybridized carbons (Fsp3) is 0.536. The molecule has 2 aliphatic rings. The van der Waals surface area contributed by atoms with Crippen LogP contribution in [0.1, 0.15) is 44.2 Å². The van der Waals surface area contributed by atoms with Crippen molar-refractivity contribution in [3.05, 3.63) is 59.7 Å². The van der Waals surface area contributed by atoms with E-state index in [1.807, 2.05) is 11.0 Å². The van der Waals surface area contributed by atoms with Crippen LogP contribution >= 0.6 is 0 Å². The third kappa shape index (κ3) is 6.64. The van der Waals surface area contributed by atoms with E-state index >= 15 is 0 Å². The summed E-state index contributed by atoms with van der Waals surface area (Å²) < 4.78 is 29.4. The van der Waals surface area contributed by atoms with Crippen molar-refractivity contribution < 1.29 is 17.9 Å². The molecule has 1 amide bonds. The van der Waals surface area contributed by atoms with Crippen LogP contribution < -0.4 is 4.74 Å². The highest BCUT2D eigenvalue weighted by Gasteiger charge is 2.41. The molecule has 1 spiro atoms. The van der Waals surface area contributed by atoms with Crippen molar-refractivity contribution >= 4 is 15.7 Å². The number of hydrogen-bond acceptors (Lipinski definition) is 5. The van der Waals surface area contributed by atoms with E-state index in [1.54, 1.807) is 24.3 Å². The smallest absolute Gasteiger partial charge is 0.227 e. The summed E-state index contributed by atoms with van der Waals surface area (Å²) in [5.74, 6) is 1.62. The summed E-state index contributed by atoms with van der Waals surface area (Å²) in [6.07, 6.45) is 4.79. The van der Waals surface area contributed by atoms with E-state index in [0.29, 0.717) is 12.3 Å². The molecule has 0 unspecified atom stereocenters. The largest absolute Gasteiger partial charge is 0.493 e. The number of benzene rings is 2. The van der Waals surface area contributed by atoms with Gasteiger partial charge in [-0.15, -0.1) is 0 Å². The van der Waals surface area contributed by atoms with Crippen molar-refractivity contribution in [2.45, 2.75) is 51.0 Å². The molecule has 2 fully saturated rings. The molecule has 0 saturated carbocycles. The third-order valence-electron chi connectivity index (χ3n) is 7.35. The van der Waals surface area contributed by atoms with Gasteiger partial charge in [0.1, 0.15) is 5.75 Å². The van der Waals surface area contributed by atoms with Crippen molar-refractivity contribution in [2.24, 2.45) is 11.3 Å². The molecule has 0 bridgehead atoms. The van der Waals surface area contributed by atoms with Gasteiger partial charge in [-0.2, -0.15) is 0 Å². The lowest BCUT2D eigenvalue weighted by Gasteiger charge is -2.39. The minimum atomic E-state index is -3.22. The predicted molar refractivity (Wildman–Crippen MR) is 138 cm³/mol. The van der Waals surface area contributed by atoms with Gasteiger partial charge in [0.2, 0.25) is 5.91 Å². The summed E-state index contributed by atoms with van der Waals surface area (Å²) in [4.78, 5) is 17.8. The molecule has 0 N–H and O–H groups in total. The van der Waals surface area contributed by atoms with Gasteiger partial charge in [0.15, 0.2) is 9.84 Å². The van der Waals surface area contributed by atoms with Crippen LogP contribution in [-0.2, 0) is 27.6 Å². The molecular formula is C28H38N2O4S. The molecule has 0 aromatic heterocycles. The Kier molecular flexibility index (Phi) is 7.86. The first-order valence-electron chi connectivity index (χ1n) is 12.6. The normalized spacial score (nSPS) is 18.3. The number of amides is 1. The van der Waals surface area contributed by atoms with Crippen molar-refractivity contribution in [3.8, 4) is 5.75 Å². The van der Waals surface area contributed by atoms with E-state index < -0.39 is 9.84 Å². The van der Waals surface area contributed by atoms with E-state index in [-0.39, 0.29) is 16.2 Å². The Morgan fingerprint density at radius 3 is 2.31 bits per heavy atom. The minimum absolute atomic E-state index is 0.132. The summed E-state index contributed by atoms with van der Waals surface area (Å²) in [5, 5.41) is 0. The Hall–Kier alpha value is -2.38. The maximum absolute atomic E-state index is 13.0. The lowest BCUT2D eigenvalue weighted by Crippen LogP contribution is -2.42. The van der Waals surface area contributed by atoms with Crippen LogP contribution in [0.25, 0.3) is 0 Å². The number of para-hydroxylation sites is 1. The van der Waals surface area contributed by atoms with Gasteiger partial charge < -0.3 is 9.64 Å². The van der Waals surface area contributed by atoms with Crippen molar-refractivity contribution in [1.82, 2.24) is 9.80 Å². The lowest BCUT2D eigenvalue weighted by molar-refractivity contribution is -0.130. The highest BCUT2D eigenvalue weighted by atomic mass is 32.2. The molecule has 6 nitrogen and oxygen atoms in total. The molecule has 2 saturated heterocycles. The number of carbonyl (C=O) groups excluding carboxylic acids is 1. The Balaban J connectivity index is 1.28. The fourth-order valence-electron chi connectivity index (χ4n) is 5.16. The number of piperidine rings is 1. The number of rotatable bonds is 8. The van der Waals surface area contributed by atoms with E-state index in [1.165, 1.54) is 11.8 Å². The standard InChI is InChI=1S/C28H38N2O4S/c1-22(2)20-34-26-7-5-4-6-24(26)19-29-15-12-28(13-16-29)14-17-30(21-28)27(31)18-23-8-10-25(11-9-23)35(3,32)33/h4-11,22H,12-21H2,1-3H3. The average molecular weight is 499 g/mol. The van der Waals surface area contributed by atoms with Crippen molar-refractivity contribution in [2.75, 3.05) is 39.0 Å². The summed E-state index contributed by atoms with van der Waals surface area (Å²) in [6, 6.07) is 15.0. The first-order chi connectivity index (χ1) is 16.6. The second-order valence-electron chi connectivity index (χ2n) is 10.7. The minimum Gasteiger partial charge on any atom is -0.493 e. The number of nitrogens with zero attached hydrogens (tertiary/aromatic N) is 2. The van der Waals surface area contributed by atoms with Gasteiger partial charge in [-0.05, 0) is 67.4 Å². The van der Waals surface area contributed by atoms with Crippen LogP contribution in [-0.4, -0.2) is 63.2 Å². The van der Waals surface area contributed by atoms with Crippen LogP contribution in [0.15, 0.2) is 53.4 Å². The maximum atomic E-state index is 13.0. The first-order valence-corrected chi connectivity index (χ1v) is 14.5. The zero-order valence-corrected chi connectivity index (χ0v) is 22.0. The molecule has 2 aromatic rings. The summed E-state index contributed by atoms with van der Waals surface area (Å²) in [5.41, 5.74) is 2.32. The van der Waals surface area contributed by atoms with Crippen LogP contribution in [0.3, 0.4) is 0 Å². The lowest BCUT2D eigenvalue weighted by atomic mass is 9.77. The van der Waals surface area contributed by atoms with Crippen molar-refractivity contribution in [1.29, 1.82) is 0 Å². The molecule has 2 aromatic carbocycles. The van der Waals surface area contributed by atoms with Gasteiger partial charge in [0.05, 0.1) is 17.9 Å². The monoisotopic (exact) mass is 498 g/mol. The van der Waals surface area contributed by atoms with Crippen LogP contribution in [0.5, 0.6) is 5.75 Å². The Morgan fingerprint density at radius 1 is 1.00 bits per heavy atom. The van der Waals surface area contributed by atoms with Gasteiger partial charge in [-0.3, -0.25) is 9.69 Å². The third-order valence-corrected chi connectivity index (χ3v) is 8.48. The molecule has 190 valence electrons. The molecule has 4 rings (SSSR count). The maximum Gasteiger partial charge on any atom is 0.227 e. The zero-order valence-electron chi connectivity index (χ0n) is 21.2. The van der Waals surface area contributed by atoms with Crippen LogP contribution in [0, 0.1) is 11.3 Å². The number of likely N-dealkylation sites (tertiary alicyclic amines) is 2. The SMILES string of the molecule is CC(C)COc1ccccc1CN1CCC2(CC1)CCN(C(=O)Cc1ccc(S(C)(=O)=O)cc1)C2. The first kappa shape index (κ1) is 25.7. The molecular weight excluding hydrogens is 460 g/mol. The van der Waals surface area contributed by atoms with E-state index in [0.717, 1.165) is 69.9 Å². The zero-order chi connectivity index (χ0) is 25.1. The molecule has 0 radical (unpaired) electrons. The van der Waals surface area contributed by atoms with Gasteiger partial charge in [0.25, 0.3) is 0 Å². The Bertz CT molecular complexity index is 1120. The summed E-state index contributed by atoms with van der Waals surface area (Å²) >= 11 is 0. The van der Waals surface area contributed by atoms with Crippen molar-refractivity contribution in [3.63, 3.8) is 0 Å². The fourth-order valence-corrected chi connectivity index (χ4v) is 5.79. The summed E-state index contributed by atoms with van der Waals surface area (Å²) in [6.45, 7) is 9.67. The molecule has 2 aliphatic heterocycles. The van der Waals surface area contributed by atoms with Gasteiger partial charge >= 0.3 is 0 Å². The average Bonchev–Trinajstić information content (AvgIpc) is 3.24. The molecule has 35 heavy (non-hydrogen) atoms. The van der Waals surface area contributed by atoms with E-state index in [2.05, 4.69) is 36.9 Å². The molecule has 2 heterocycles. The van der Waals surface area contributed by atoms with Crippen LogP contribution in [0.4, 0.5) is 0 Å². The molecule has 0 atom stereocenters. The topological polar surface area (TPSA) is 66.9 Å². The molecule has 7 heteroatoms. The highest BCUT2D eigenvalue weighted by Crippen LogP contribution is 2.41. The van der Waals surface area contributed by atoms with E-state index in [4.69, 9.17) is 4.74 Å². The van der Waals surface area contributed by atoms with Gasteiger partial charge in [-0.1, -0.05) is 44.2 Å². The van der Waals surface area contributed by atoms with Gasteiger partial charge in [0, 0.05) is 31.5 Å². The van der Waals surface area contributed by atoms with Gasteiger partial charge in [-0.25, -0.2) is 8.42 Å². The number of sulfone groups is 1. The molecule has 0 aliphatic carbocycles. The van der Waals surface area contributed by atoms with E-state index in [9.17, 15) is 13.2 Å². The summed E-state index contributed by atoms with van der Waals surface area (Å²) in [7, 11) is -3.22. The predicted octanol–water partition coefficient (Wildman–Crippen LogP) is 4.18. The Morgan fingerprint density at radius 2 is 1.66 bits per heavy atom. The Labute approximate surface area is 210 Å². The second-order valence-corrected chi connectivity index (χ2v) is 12.8. The number of hydrogen-bond donors (Lipinski definition) is 0. The quantitative estimate of drug-likeness (QED) is 0.546. The second kappa shape index (κ2) is 10.7.